The summed E-state index contributed by atoms with van der Waals surface area (Å²) < 4.78 is 0. The first-order valence-electron chi connectivity index (χ1n) is 11.1. The van der Waals surface area contributed by atoms with Crippen molar-refractivity contribution in [2.24, 2.45) is 11.8 Å². The molecule has 2 fully saturated rings. The van der Waals surface area contributed by atoms with Crippen LogP contribution in [0, 0.1) is 11.8 Å². The van der Waals surface area contributed by atoms with Crippen LogP contribution in [0.4, 0.5) is 11.4 Å². The highest BCUT2D eigenvalue weighted by Gasteiger charge is 2.35. The summed E-state index contributed by atoms with van der Waals surface area (Å²) >= 11 is 0. The second-order valence-corrected chi connectivity index (χ2v) is 8.44. The molecule has 3 amide bonds. The van der Waals surface area contributed by atoms with Gasteiger partial charge in [0.15, 0.2) is 0 Å². The van der Waals surface area contributed by atoms with E-state index in [-0.39, 0.29) is 29.6 Å². The van der Waals surface area contributed by atoms with Gasteiger partial charge in [-0.3, -0.25) is 14.4 Å². The maximum atomic E-state index is 13.2. The smallest absolute Gasteiger partial charge is 0.256 e. The van der Waals surface area contributed by atoms with Crippen molar-refractivity contribution in [3.8, 4) is 0 Å². The van der Waals surface area contributed by atoms with E-state index in [1.54, 1.807) is 11.0 Å². The third kappa shape index (κ3) is 4.94. The Morgan fingerprint density at radius 1 is 1.07 bits per heavy atom. The monoisotopic (exact) mass is 414 g/mol. The van der Waals surface area contributed by atoms with Gasteiger partial charge < -0.3 is 20.0 Å². The molecule has 2 aliphatic rings. The fourth-order valence-electron chi connectivity index (χ4n) is 3.78. The molecule has 1 saturated carbocycles. The summed E-state index contributed by atoms with van der Waals surface area (Å²) in [5.41, 5.74) is 2.10. The maximum Gasteiger partial charge on any atom is 0.256 e. The number of nitrogens with one attached hydrogen (secondary N) is 1. The molecule has 0 aromatic heterocycles. The van der Waals surface area contributed by atoms with Gasteiger partial charge in [-0.2, -0.15) is 0 Å². The molecule has 1 N–H and O–H groups in total. The van der Waals surface area contributed by atoms with Gasteiger partial charge in [0.2, 0.25) is 11.8 Å². The molecule has 7 nitrogen and oxygen atoms in total. The van der Waals surface area contributed by atoms with Crippen molar-refractivity contribution in [2.75, 3.05) is 49.5 Å². The molecule has 164 valence electrons. The standard InChI is InChI=1S/C23H34N4O3/c1-5-25(6-2)23(30)19-15-18(24-21(28)16(3)4)9-10-20(19)26-11-13-27(14-12-26)22(29)17-7-8-17/h9-10,15-17H,5-8,11-14H2,1-4H3,(H,24,28). The van der Waals surface area contributed by atoms with Crippen LogP contribution in [0.5, 0.6) is 0 Å². The van der Waals surface area contributed by atoms with Gasteiger partial charge in [0, 0.05) is 62.5 Å². The van der Waals surface area contributed by atoms with E-state index in [9.17, 15) is 14.4 Å². The van der Waals surface area contributed by atoms with Crippen molar-refractivity contribution >= 4 is 29.1 Å². The number of carbonyl (C=O) groups excluding carboxylic acids is 3. The predicted molar refractivity (Wildman–Crippen MR) is 119 cm³/mol. The number of hydrogen-bond donors (Lipinski definition) is 1. The fraction of sp³-hybridized carbons (Fsp3) is 0.609. The van der Waals surface area contributed by atoms with Crippen LogP contribution in [-0.4, -0.2) is 66.8 Å². The number of carbonyl (C=O) groups is 3. The van der Waals surface area contributed by atoms with E-state index in [4.69, 9.17) is 0 Å². The SMILES string of the molecule is CCN(CC)C(=O)c1cc(NC(=O)C(C)C)ccc1N1CCN(C(=O)C2CC2)CC1. The first kappa shape index (κ1) is 22.1. The highest BCUT2D eigenvalue weighted by Crippen LogP contribution is 2.32. The Kier molecular flexibility index (Phi) is 7.00. The molecule has 30 heavy (non-hydrogen) atoms. The van der Waals surface area contributed by atoms with E-state index >= 15 is 0 Å². The number of nitrogens with zero attached hydrogens (tertiary/aromatic N) is 3. The lowest BCUT2D eigenvalue weighted by Gasteiger charge is -2.37. The summed E-state index contributed by atoms with van der Waals surface area (Å²) in [6, 6.07) is 5.57. The second-order valence-electron chi connectivity index (χ2n) is 8.44. The molecule has 0 bridgehead atoms. The molecule has 1 saturated heterocycles. The van der Waals surface area contributed by atoms with Gasteiger partial charge in [-0.05, 0) is 44.9 Å². The minimum absolute atomic E-state index is 0.0351. The van der Waals surface area contributed by atoms with Crippen LogP contribution in [0.2, 0.25) is 0 Å². The molecule has 7 heteroatoms. The maximum absolute atomic E-state index is 13.2. The normalized spacial score (nSPS) is 16.6. The number of rotatable bonds is 7. The van der Waals surface area contributed by atoms with Gasteiger partial charge in [0.25, 0.3) is 5.91 Å². The van der Waals surface area contributed by atoms with Gasteiger partial charge in [-0.25, -0.2) is 0 Å². The van der Waals surface area contributed by atoms with Crippen molar-refractivity contribution in [3.05, 3.63) is 23.8 Å². The van der Waals surface area contributed by atoms with E-state index in [1.807, 2.05) is 44.7 Å². The zero-order chi connectivity index (χ0) is 21.8. The van der Waals surface area contributed by atoms with Crippen molar-refractivity contribution < 1.29 is 14.4 Å². The molecule has 1 aromatic carbocycles. The van der Waals surface area contributed by atoms with Gasteiger partial charge in [-0.1, -0.05) is 13.8 Å². The Morgan fingerprint density at radius 3 is 2.23 bits per heavy atom. The molecule has 0 atom stereocenters. The molecule has 1 aliphatic heterocycles. The molecular weight excluding hydrogens is 380 g/mol. The molecule has 0 spiro atoms. The van der Waals surface area contributed by atoms with Crippen molar-refractivity contribution in [2.45, 2.75) is 40.5 Å². The summed E-state index contributed by atoms with van der Waals surface area (Å²) in [6.07, 6.45) is 2.04. The predicted octanol–water partition coefficient (Wildman–Crippen LogP) is 2.82. The van der Waals surface area contributed by atoms with E-state index < -0.39 is 0 Å². The fourth-order valence-corrected chi connectivity index (χ4v) is 3.78. The van der Waals surface area contributed by atoms with Crippen molar-refractivity contribution in [3.63, 3.8) is 0 Å². The Labute approximate surface area is 179 Å². The third-order valence-electron chi connectivity index (χ3n) is 5.93. The van der Waals surface area contributed by atoms with Gasteiger partial charge in [-0.15, -0.1) is 0 Å². The number of benzene rings is 1. The van der Waals surface area contributed by atoms with Crippen molar-refractivity contribution in [1.29, 1.82) is 0 Å². The van der Waals surface area contributed by atoms with Crippen LogP contribution >= 0.6 is 0 Å². The minimum atomic E-state index is -0.135. The average Bonchev–Trinajstić information content (AvgIpc) is 3.59. The lowest BCUT2D eigenvalue weighted by atomic mass is 10.1. The first-order valence-corrected chi connectivity index (χ1v) is 11.1. The van der Waals surface area contributed by atoms with Gasteiger partial charge >= 0.3 is 0 Å². The molecule has 1 aromatic rings. The van der Waals surface area contributed by atoms with E-state index in [2.05, 4.69) is 10.2 Å². The quantitative estimate of drug-likeness (QED) is 0.745. The molecule has 3 rings (SSSR count). The Hall–Kier alpha value is -2.57. The van der Waals surface area contributed by atoms with Gasteiger partial charge in [0.1, 0.15) is 0 Å². The van der Waals surface area contributed by atoms with Crippen LogP contribution in [0.3, 0.4) is 0 Å². The highest BCUT2D eigenvalue weighted by atomic mass is 16.2. The summed E-state index contributed by atoms with van der Waals surface area (Å²) in [4.78, 5) is 43.6. The van der Waals surface area contributed by atoms with Crippen LogP contribution in [0.1, 0.15) is 50.9 Å². The third-order valence-corrected chi connectivity index (χ3v) is 5.93. The molecular formula is C23H34N4O3. The summed E-state index contributed by atoms with van der Waals surface area (Å²) in [7, 11) is 0. The lowest BCUT2D eigenvalue weighted by Crippen LogP contribution is -2.49. The summed E-state index contributed by atoms with van der Waals surface area (Å²) in [6.45, 7) is 11.6. The summed E-state index contributed by atoms with van der Waals surface area (Å²) in [5, 5.41) is 2.90. The second kappa shape index (κ2) is 9.49. The number of hydrogen-bond acceptors (Lipinski definition) is 4. The topological polar surface area (TPSA) is 73.0 Å². The number of piperazine rings is 1. The molecule has 1 aliphatic carbocycles. The van der Waals surface area contributed by atoms with Crippen LogP contribution in [-0.2, 0) is 9.59 Å². The Balaban J connectivity index is 1.82. The van der Waals surface area contributed by atoms with Crippen LogP contribution in [0.25, 0.3) is 0 Å². The first-order chi connectivity index (χ1) is 14.3. The average molecular weight is 415 g/mol. The van der Waals surface area contributed by atoms with Crippen LogP contribution < -0.4 is 10.2 Å². The Morgan fingerprint density at radius 2 is 1.70 bits per heavy atom. The zero-order valence-corrected chi connectivity index (χ0v) is 18.6. The van der Waals surface area contributed by atoms with Crippen molar-refractivity contribution in [1.82, 2.24) is 9.80 Å². The summed E-state index contributed by atoms with van der Waals surface area (Å²) in [5.74, 6) is 0.271. The van der Waals surface area contributed by atoms with E-state index in [0.717, 1.165) is 18.5 Å². The Bertz CT molecular complexity index is 792. The lowest BCUT2D eigenvalue weighted by molar-refractivity contribution is -0.132. The number of anilines is 2. The largest absolute Gasteiger partial charge is 0.367 e. The van der Waals surface area contributed by atoms with Gasteiger partial charge in [0.05, 0.1) is 5.56 Å². The zero-order valence-electron chi connectivity index (χ0n) is 18.6. The van der Waals surface area contributed by atoms with E-state index in [0.29, 0.717) is 50.5 Å². The number of amides is 3. The molecule has 1 heterocycles. The molecule has 0 unspecified atom stereocenters. The highest BCUT2D eigenvalue weighted by molar-refractivity contribution is 6.02. The van der Waals surface area contributed by atoms with Crippen LogP contribution in [0.15, 0.2) is 18.2 Å². The minimum Gasteiger partial charge on any atom is -0.367 e. The molecule has 0 radical (unpaired) electrons. The van der Waals surface area contributed by atoms with E-state index in [1.165, 1.54) is 0 Å².